The van der Waals surface area contributed by atoms with Gasteiger partial charge < -0.3 is 14.6 Å². The molecule has 3 aromatic carbocycles. The van der Waals surface area contributed by atoms with E-state index < -0.39 is 24.0 Å². The zero-order valence-corrected chi connectivity index (χ0v) is 17.6. The third kappa shape index (κ3) is 5.35. The lowest BCUT2D eigenvalue weighted by Gasteiger charge is -2.28. The lowest BCUT2D eigenvalue weighted by molar-refractivity contribution is -0.274. The Kier molecular flexibility index (Phi) is 6.00. The molecule has 1 atom stereocenters. The van der Waals surface area contributed by atoms with Crippen LogP contribution in [0.2, 0.25) is 0 Å². The Morgan fingerprint density at radius 2 is 1.68 bits per heavy atom. The number of aryl methyl sites for hydroxylation is 1. The van der Waals surface area contributed by atoms with E-state index in [9.17, 15) is 23.1 Å². The first-order valence-electron chi connectivity index (χ1n) is 9.65. The maximum Gasteiger partial charge on any atom is 0.573 e. The zero-order chi connectivity index (χ0) is 23.0. The van der Waals surface area contributed by atoms with Crippen LogP contribution in [0.3, 0.4) is 0 Å². The van der Waals surface area contributed by atoms with Crippen molar-refractivity contribution in [2.24, 2.45) is 0 Å². The fraction of sp³-hybridized carbons (Fsp3) is 0.292. The molecule has 0 bridgehead atoms. The first kappa shape index (κ1) is 22.6. The molecule has 164 valence electrons. The van der Waals surface area contributed by atoms with Crippen molar-refractivity contribution in [1.29, 1.82) is 0 Å². The van der Waals surface area contributed by atoms with Crippen molar-refractivity contribution < 1.29 is 32.5 Å². The van der Waals surface area contributed by atoms with Gasteiger partial charge in [-0.25, -0.2) is 4.79 Å². The molecule has 0 amide bonds. The average molecular weight is 432 g/mol. The predicted octanol–water partition coefficient (Wildman–Crippen LogP) is 6.65. The first-order valence-corrected chi connectivity index (χ1v) is 9.65. The van der Waals surface area contributed by atoms with E-state index in [1.54, 1.807) is 45.9 Å². The van der Waals surface area contributed by atoms with Crippen molar-refractivity contribution in [3.05, 3.63) is 65.7 Å². The molecule has 0 radical (unpaired) electrons. The van der Waals surface area contributed by atoms with E-state index in [0.717, 1.165) is 5.39 Å². The summed E-state index contributed by atoms with van der Waals surface area (Å²) in [6, 6.07) is 14.7. The van der Waals surface area contributed by atoms with Crippen LogP contribution in [0.4, 0.5) is 13.2 Å². The van der Waals surface area contributed by atoms with Crippen LogP contribution in [-0.4, -0.2) is 23.0 Å². The number of hydrogen-bond donors (Lipinski definition) is 1. The van der Waals surface area contributed by atoms with E-state index in [-0.39, 0.29) is 5.75 Å². The Morgan fingerprint density at radius 3 is 2.29 bits per heavy atom. The van der Waals surface area contributed by atoms with Crippen LogP contribution in [0, 0.1) is 6.92 Å². The minimum atomic E-state index is -4.84. The van der Waals surface area contributed by atoms with E-state index in [0.29, 0.717) is 27.6 Å². The Balaban J connectivity index is 2.33. The molecule has 0 heterocycles. The summed E-state index contributed by atoms with van der Waals surface area (Å²) in [6.45, 7) is 7.01. The van der Waals surface area contributed by atoms with Gasteiger partial charge >= 0.3 is 12.3 Å². The molecule has 0 aliphatic heterocycles. The second-order valence-corrected chi connectivity index (χ2v) is 8.23. The Bertz CT molecular complexity index is 1110. The summed E-state index contributed by atoms with van der Waals surface area (Å²) in [7, 11) is 0. The summed E-state index contributed by atoms with van der Waals surface area (Å²) in [5.74, 6) is -1.57. The number of carboxylic acids is 1. The average Bonchev–Trinajstić information content (AvgIpc) is 2.63. The van der Waals surface area contributed by atoms with Gasteiger partial charge in [0.25, 0.3) is 0 Å². The molecular formula is C24H23F3O4. The maximum absolute atomic E-state index is 12.8. The smallest absolute Gasteiger partial charge is 0.479 e. The van der Waals surface area contributed by atoms with Gasteiger partial charge in [-0.05, 0) is 67.3 Å². The highest BCUT2D eigenvalue weighted by molar-refractivity contribution is 6.01. The summed E-state index contributed by atoms with van der Waals surface area (Å²) in [6.07, 6.45) is -6.15. The van der Waals surface area contributed by atoms with Crippen LogP contribution in [0.5, 0.6) is 5.75 Å². The lowest BCUT2D eigenvalue weighted by atomic mass is 9.87. The Hall–Kier alpha value is -3.06. The van der Waals surface area contributed by atoms with E-state index in [1.165, 1.54) is 18.2 Å². The molecule has 4 nitrogen and oxygen atoms in total. The van der Waals surface area contributed by atoms with Crippen molar-refractivity contribution in [3.8, 4) is 16.9 Å². The van der Waals surface area contributed by atoms with Gasteiger partial charge in [0.1, 0.15) is 5.75 Å². The van der Waals surface area contributed by atoms with Crippen molar-refractivity contribution in [2.75, 3.05) is 0 Å². The molecule has 0 spiro atoms. The molecule has 0 aliphatic carbocycles. The van der Waals surface area contributed by atoms with Gasteiger partial charge in [0, 0.05) is 5.56 Å². The SMILES string of the molecule is Cc1cc2ccccc2c(-c2cccc(OC(F)(F)F)c2)c1[C@H](OC(C)(C)C)C(=O)O. The van der Waals surface area contributed by atoms with Crippen molar-refractivity contribution in [3.63, 3.8) is 0 Å². The number of carboxylic acid groups (broad SMARTS) is 1. The first-order chi connectivity index (χ1) is 14.4. The van der Waals surface area contributed by atoms with Crippen molar-refractivity contribution >= 4 is 16.7 Å². The van der Waals surface area contributed by atoms with Gasteiger partial charge in [-0.3, -0.25) is 0 Å². The summed E-state index contributed by atoms with van der Waals surface area (Å²) >= 11 is 0. The zero-order valence-electron chi connectivity index (χ0n) is 17.6. The van der Waals surface area contributed by atoms with Crippen molar-refractivity contribution in [2.45, 2.75) is 45.8 Å². The van der Waals surface area contributed by atoms with Crippen LogP contribution in [-0.2, 0) is 9.53 Å². The van der Waals surface area contributed by atoms with Gasteiger partial charge in [0.15, 0.2) is 6.10 Å². The highest BCUT2D eigenvalue weighted by Gasteiger charge is 2.33. The standard InChI is InChI=1S/C24H23F3O4/c1-14-12-15-8-5-6-11-18(15)20(19(14)21(22(28)29)31-23(2,3)4)16-9-7-10-17(13-16)30-24(25,26)27/h5-13,21H,1-4H3,(H,28,29)/t21-/m0/s1. The lowest BCUT2D eigenvalue weighted by Crippen LogP contribution is -2.28. The topological polar surface area (TPSA) is 55.8 Å². The highest BCUT2D eigenvalue weighted by atomic mass is 19.4. The number of ether oxygens (including phenoxy) is 2. The summed E-state index contributed by atoms with van der Waals surface area (Å²) < 4.78 is 48.3. The van der Waals surface area contributed by atoms with Crippen LogP contribution in [0.15, 0.2) is 54.6 Å². The molecule has 31 heavy (non-hydrogen) atoms. The maximum atomic E-state index is 12.8. The van der Waals surface area contributed by atoms with E-state index in [4.69, 9.17) is 4.74 Å². The molecule has 3 rings (SSSR count). The summed E-state index contributed by atoms with van der Waals surface area (Å²) in [5, 5.41) is 11.5. The Labute approximate surface area is 178 Å². The van der Waals surface area contributed by atoms with Crippen LogP contribution in [0.25, 0.3) is 21.9 Å². The minimum Gasteiger partial charge on any atom is -0.479 e. The highest BCUT2D eigenvalue weighted by Crippen LogP contribution is 2.41. The van der Waals surface area contributed by atoms with E-state index >= 15 is 0 Å². The fourth-order valence-corrected chi connectivity index (χ4v) is 3.59. The summed E-state index contributed by atoms with van der Waals surface area (Å²) in [4.78, 5) is 12.2. The summed E-state index contributed by atoms with van der Waals surface area (Å²) in [5.41, 5.74) is 1.19. The minimum absolute atomic E-state index is 0.384. The Morgan fingerprint density at radius 1 is 1.00 bits per heavy atom. The van der Waals surface area contributed by atoms with Gasteiger partial charge in [-0.15, -0.1) is 13.2 Å². The second kappa shape index (κ2) is 8.23. The molecule has 0 saturated carbocycles. The second-order valence-electron chi connectivity index (χ2n) is 8.23. The molecule has 1 N–H and O–H groups in total. The van der Waals surface area contributed by atoms with Gasteiger partial charge in [0.05, 0.1) is 5.60 Å². The third-order valence-electron chi connectivity index (χ3n) is 4.61. The normalized spacial score (nSPS) is 13.3. The number of carbonyl (C=O) groups is 1. The molecule has 0 unspecified atom stereocenters. The number of hydrogen-bond acceptors (Lipinski definition) is 3. The third-order valence-corrected chi connectivity index (χ3v) is 4.61. The molecule has 0 aliphatic rings. The molecule has 0 aromatic heterocycles. The molecule has 0 fully saturated rings. The van der Waals surface area contributed by atoms with Gasteiger partial charge in [-0.1, -0.05) is 42.5 Å². The van der Waals surface area contributed by atoms with Crippen LogP contribution >= 0.6 is 0 Å². The number of alkyl halides is 3. The van der Waals surface area contributed by atoms with Gasteiger partial charge in [-0.2, -0.15) is 0 Å². The molecule has 0 saturated heterocycles. The van der Waals surface area contributed by atoms with Gasteiger partial charge in [0.2, 0.25) is 0 Å². The quantitative estimate of drug-likeness (QED) is 0.490. The number of rotatable bonds is 5. The number of fused-ring (bicyclic) bond motifs is 1. The molecule has 3 aromatic rings. The monoisotopic (exact) mass is 432 g/mol. The number of benzene rings is 3. The predicted molar refractivity (Wildman–Crippen MR) is 112 cm³/mol. The number of halogens is 3. The van der Waals surface area contributed by atoms with Crippen LogP contribution in [0.1, 0.15) is 38.0 Å². The molecule has 7 heteroatoms. The van der Waals surface area contributed by atoms with E-state index in [2.05, 4.69) is 4.74 Å². The van der Waals surface area contributed by atoms with Crippen LogP contribution < -0.4 is 4.74 Å². The largest absolute Gasteiger partial charge is 0.573 e. The molecular weight excluding hydrogens is 409 g/mol. The van der Waals surface area contributed by atoms with E-state index in [1.807, 2.05) is 18.2 Å². The number of aliphatic carboxylic acids is 1. The van der Waals surface area contributed by atoms with Crippen molar-refractivity contribution in [1.82, 2.24) is 0 Å². The fourth-order valence-electron chi connectivity index (χ4n) is 3.59.